The second-order valence-corrected chi connectivity index (χ2v) is 8.38. The average Bonchev–Trinajstić information content (AvgIpc) is 3.34. The predicted octanol–water partition coefficient (Wildman–Crippen LogP) is 4.88. The van der Waals surface area contributed by atoms with Crippen LogP contribution in [0.15, 0.2) is 77.4 Å². The molecule has 0 aliphatic heterocycles. The van der Waals surface area contributed by atoms with Crippen LogP contribution in [0, 0.1) is 0 Å². The van der Waals surface area contributed by atoms with Crippen molar-refractivity contribution in [1.82, 2.24) is 4.98 Å². The van der Waals surface area contributed by atoms with Crippen molar-refractivity contribution in [2.75, 3.05) is 19.6 Å². The molecule has 0 spiro atoms. The molecular weight excluding hydrogens is 470 g/mol. The number of rotatable bonds is 6. The maximum absolute atomic E-state index is 12.6. The van der Waals surface area contributed by atoms with Gasteiger partial charge in [0.05, 0.1) is 36.8 Å². The number of fused-ring (bicyclic) bond motifs is 2. The average molecular weight is 490 g/mol. The molecule has 0 amide bonds. The fourth-order valence-electron chi connectivity index (χ4n) is 3.58. The Morgan fingerprint density at radius 3 is 2.66 bits per heavy atom. The summed E-state index contributed by atoms with van der Waals surface area (Å²) < 4.78 is 21.4. The van der Waals surface area contributed by atoms with Gasteiger partial charge in [0.25, 0.3) is 0 Å². The van der Waals surface area contributed by atoms with E-state index in [1.54, 1.807) is 55.8 Å². The van der Waals surface area contributed by atoms with Crippen molar-refractivity contribution in [1.29, 1.82) is 0 Å². The third-order valence-electron chi connectivity index (χ3n) is 5.37. The van der Waals surface area contributed by atoms with E-state index in [2.05, 4.69) is 15.5 Å². The van der Waals surface area contributed by atoms with E-state index in [1.807, 2.05) is 12.1 Å². The molecule has 3 aromatic heterocycles. The van der Waals surface area contributed by atoms with E-state index in [0.717, 1.165) is 5.39 Å². The van der Waals surface area contributed by atoms with Gasteiger partial charge in [-0.2, -0.15) is 5.10 Å². The van der Waals surface area contributed by atoms with Gasteiger partial charge in [0.15, 0.2) is 11.3 Å². The lowest BCUT2D eigenvalue weighted by Gasteiger charge is -2.05. The fraction of sp³-hybridized carbons (Fsp3) is 0.120. The first-order valence-electron chi connectivity index (χ1n) is 10.5. The molecule has 0 radical (unpaired) electrons. The standard InChI is InChI=1S/C25H19N3O6S/c1-13(17-11-15-9-16(31-2)7-8-20(15)33-23(17)29)27-28-25-26-19(12-35-25)18-10-14-5-4-6-21(32-3)22(14)34-24(18)30/h4-12H,1-3H3,(H,26,28)/b27-13+. The predicted molar refractivity (Wildman–Crippen MR) is 135 cm³/mol. The van der Waals surface area contributed by atoms with Crippen LogP contribution in [-0.2, 0) is 0 Å². The van der Waals surface area contributed by atoms with Crippen LogP contribution in [-0.4, -0.2) is 24.9 Å². The van der Waals surface area contributed by atoms with Crippen molar-refractivity contribution in [2.45, 2.75) is 6.92 Å². The Balaban J connectivity index is 1.43. The molecular formula is C25H19N3O6S. The van der Waals surface area contributed by atoms with E-state index >= 15 is 0 Å². The third kappa shape index (κ3) is 4.26. The lowest BCUT2D eigenvalue weighted by Crippen LogP contribution is -2.13. The smallest absolute Gasteiger partial charge is 0.345 e. The zero-order valence-corrected chi connectivity index (χ0v) is 19.8. The fourth-order valence-corrected chi connectivity index (χ4v) is 4.23. The normalized spacial score (nSPS) is 11.7. The van der Waals surface area contributed by atoms with Gasteiger partial charge in [-0.05, 0) is 43.3 Å². The number of benzene rings is 2. The largest absolute Gasteiger partial charge is 0.497 e. The Morgan fingerprint density at radius 1 is 1.00 bits per heavy atom. The highest BCUT2D eigenvalue weighted by atomic mass is 32.1. The van der Waals surface area contributed by atoms with Crippen LogP contribution in [0.1, 0.15) is 12.5 Å². The number of aromatic nitrogens is 1. The number of thiazole rings is 1. The number of nitrogens with one attached hydrogen (secondary N) is 1. The van der Waals surface area contributed by atoms with E-state index in [1.165, 1.54) is 18.4 Å². The number of methoxy groups -OCH3 is 2. The Labute approximate surface area is 202 Å². The quantitative estimate of drug-likeness (QED) is 0.204. The summed E-state index contributed by atoms with van der Waals surface area (Å²) in [7, 11) is 3.08. The third-order valence-corrected chi connectivity index (χ3v) is 6.12. The van der Waals surface area contributed by atoms with Crippen molar-refractivity contribution in [3.8, 4) is 22.8 Å². The zero-order valence-electron chi connectivity index (χ0n) is 18.9. The monoisotopic (exact) mass is 489 g/mol. The van der Waals surface area contributed by atoms with Crippen molar-refractivity contribution >= 4 is 44.1 Å². The van der Waals surface area contributed by atoms with Gasteiger partial charge in [-0.3, -0.25) is 5.43 Å². The number of hydrazone groups is 1. The number of nitrogens with zero attached hydrogens (tertiary/aromatic N) is 2. The molecule has 0 saturated heterocycles. The van der Waals surface area contributed by atoms with Gasteiger partial charge in [-0.1, -0.05) is 12.1 Å². The van der Waals surface area contributed by atoms with Crippen molar-refractivity contribution in [3.05, 3.63) is 80.3 Å². The van der Waals surface area contributed by atoms with Crippen molar-refractivity contribution in [3.63, 3.8) is 0 Å². The minimum atomic E-state index is -0.525. The summed E-state index contributed by atoms with van der Waals surface area (Å²) in [5.74, 6) is 1.13. The van der Waals surface area contributed by atoms with Crippen LogP contribution >= 0.6 is 11.3 Å². The number of hydrogen-bond donors (Lipinski definition) is 1. The highest BCUT2D eigenvalue weighted by Crippen LogP contribution is 2.29. The summed E-state index contributed by atoms with van der Waals surface area (Å²) in [5.41, 5.74) is 4.13. The van der Waals surface area contributed by atoms with E-state index < -0.39 is 11.3 Å². The molecule has 10 heteroatoms. The molecule has 9 nitrogen and oxygen atoms in total. The van der Waals surface area contributed by atoms with E-state index in [-0.39, 0.29) is 0 Å². The summed E-state index contributed by atoms with van der Waals surface area (Å²) in [6, 6.07) is 14.0. The van der Waals surface area contributed by atoms with Crippen LogP contribution in [0.5, 0.6) is 11.5 Å². The zero-order chi connectivity index (χ0) is 24.5. The van der Waals surface area contributed by atoms with Gasteiger partial charge >= 0.3 is 11.3 Å². The first kappa shape index (κ1) is 22.4. The highest BCUT2D eigenvalue weighted by molar-refractivity contribution is 7.14. The van der Waals surface area contributed by atoms with Gasteiger partial charge < -0.3 is 18.3 Å². The highest BCUT2D eigenvalue weighted by Gasteiger charge is 2.14. The molecule has 0 aliphatic rings. The van der Waals surface area contributed by atoms with Gasteiger partial charge in [0, 0.05) is 16.2 Å². The number of anilines is 1. The Morgan fingerprint density at radius 2 is 1.86 bits per heavy atom. The Hall–Kier alpha value is -4.44. The Kier molecular flexibility index (Phi) is 5.79. The second-order valence-electron chi connectivity index (χ2n) is 7.52. The molecule has 176 valence electrons. The van der Waals surface area contributed by atoms with E-state index in [0.29, 0.717) is 55.7 Å². The first-order chi connectivity index (χ1) is 17.0. The van der Waals surface area contributed by atoms with Gasteiger partial charge in [-0.25, -0.2) is 14.6 Å². The molecule has 0 unspecified atom stereocenters. The molecule has 0 aliphatic carbocycles. The van der Waals surface area contributed by atoms with E-state index in [4.69, 9.17) is 18.3 Å². The van der Waals surface area contributed by atoms with Crippen molar-refractivity contribution < 1.29 is 18.3 Å². The maximum Gasteiger partial charge on any atom is 0.345 e. The van der Waals surface area contributed by atoms with E-state index in [9.17, 15) is 9.59 Å². The van der Waals surface area contributed by atoms with Crippen molar-refractivity contribution in [2.24, 2.45) is 5.10 Å². The minimum absolute atomic E-state index is 0.305. The van der Waals surface area contributed by atoms with Crippen LogP contribution in [0.2, 0.25) is 0 Å². The summed E-state index contributed by atoms with van der Waals surface area (Å²) in [6.07, 6.45) is 0. The van der Waals surface area contributed by atoms with Gasteiger partial charge in [-0.15, -0.1) is 11.3 Å². The van der Waals surface area contributed by atoms with Crippen LogP contribution in [0.4, 0.5) is 5.13 Å². The molecule has 5 aromatic rings. The summed E-state index contributed by atoms with van der Waals surface area (Å²) in [6.45, 7) is 1.69. The number of hydrogen-bond acceptors (Lipinski definition) is 10. The van der Waals surface area contributed by atoms with Crippen LogP contribution in [0.3, 0.4) is 0 Å². The summed E-state index contributed by atoms with van der Waals surface area (Å²) >= 11 is 1.26. The summed E-state index contributed by atoms with van der Waals surface area (Å²) in [4.78, 5) is 29.5. The number of para-hydroxylation sites is 1. The SMILES string of the molecule is COc1ccc2oc(=O)c(/C(C)=N/Nc3nc(-c4cc5cccc(OC)c5oc4=O)cs3)cc2c1. The van der Waals surface area contributed by atoms with Crippen LogP contribution < -0.4 is 26.2 Å². The second kappa shape index (κ2) is 9.07. The summed E-state index contributed by atoms with van der Waals surface area (Å²) in [5, 5.41) is 7.88. The molecule has 0 atom stereocenters. The topological polar surface area (TPSA) is 116 Å². The minimum Gasteiger partial charge on any atom is -0.497 e. The molecule has 5 rings (SSSR count). The Bertz CT molecular complexity index is 1720. The van der Waals surface area contributed by atoms with Gasteiger partial charge in [0.1, 0.15) is 11.3 Å². The van der Waals surface area contributed by atoms with Crippen LogP contribution in [0.25, 0.3) is 33.2 Å². The lowest BCUT2D eigenvalue weighted by molar-refractivity contribution is 0.407. The molecule has 1 N–H and O–H groups in total. The molecule has 0 bridgehead atoms. The first-order valence-corrected chi connectivity index (χ1v) is 11.3. The number of ether oxygens (including phenoxy) is 2. The molecule has 0 fully saturated rings. The maximum atomic E-state index is 12.6. The molecule has 3 heterocycles. The lowest BCUT2D eigenvalue weighted by atomic mass is 10.1. The molecule has 0 saturated carbocycles. The molecule has 35 heavy (non-hydrogen) atoms. The molecule has 2 aromatic carbocycles. The van der Waals surface area contributed by atoms with Gasteiger partial charge in [0.2, 0.25) is 5.13 Å².